The van der Waals surface area contributed by atoms with Gasteiger partial charge >= 0.3 is 5.97 Å². The van der Waals surface area contributed by atoms with Gasteiger partial charge in [0.1, 0.15) is 5.82 Å². The lowest BCUT2D eigenvalue weighted by atomic mass is 9.98. The molecule has 8 heteroatoms. The fourth-order valence-electron chi connectivity index (χ4n) is 4.14. The molecular formula is C26H30N4O3S. The number of nitrogens with zero attached hydrogens (tertiary/aromatic N) is 4. The Morgan fingerprint density at radius 1 is 1.09 bits per heavy atom. The lowest BCUT2D eigenvalue weighted by molar-refractivity contribution is -0.151. The Bertz CT molecular complexity index is 1070. The van der Waals surface area contributed by atoms with E-state index in [1.807, 2.05) is 53.4 Å². The molecule has 0 spiro atoms. The number of carbonyl (C=O) groups excluding carboxylic acids is 2. The Morgan fingerprint density at radius 3 is 2.50 bits per heavy atom. The van der Waals surface area contributed by atoms with Gasteiger partial charge in [0.15, 0.2) is 0 Å². The van der Waals surface area contributed by atoms with Crippen LogP contribution < -0.4 is 4.90 Å². The van der Waals surface area contributed by atoms with Crippen LogP contribution >= 0.6 is 11.5 Å². The van der Waals surface area contributed by atoms with Crippen LogP contribution in [0.5, 0.6) is 0 Å². The minimum Gasteiger partial charge on any atom is -0.466 e. The van der Waals surface area contributed by atoms with Crippen LogP contribution in [0.4, 0.5) is 5.13 Å². The SMILES string of the molecule is CCOC(=O)C1CCCN(C(=O)CN(Cc2ccccc2)c2nc(Cc3ccccc3)ns2)C1. The molecule has 1 unspecified atom stereocenters. The summed E-state index contributed by atoms with van der Waals surface area (Å²) in [5.41, 5.74) is 2.24. The van der Waals surface area contributed by atoms with Gasteiger partial charge < -0.3 is 14.5 Å². The summed E-state index contributed by atoms with van der Waals surface area (Å²) in [5, 5.41) is 0.724. The Labute approximate surface area is 204 Å². The fraction of sp³-hybridized carbons (Fsp3) is 0.385. The van der Waals surface area contributed by atoms with Crippen molar-refractivity contribution in [1.29, 1.82) is 0 Å². The van der Waals surface area contributed by atoms with E-state index in [9.17, 15) is 9.59 Å². The number of benzene rings is 2. The second-order valence-corrected chi connectivity index (χ2v) is 9.16. The first-order chi connectivity index (χ1) is 16.6. The monoisotopic (exact) mass is 478 g/mol. The molecule has 1 amide bonds. The van der Waals surface area contributed by atoms with Crippen LogP contribution in [0, 0.1) is 5.92 Å². The molecule has 1 fully saturated rings. The van der Waals surface area contributed by atoms with Crippen molar-refractivity contribution in [2.24, 2.45) is 5.92 Å². The van der Waals surface area contributed by atoms with Gasteiger partial charge in [-0.05, 0) is 30.9 Å². The molecule has 1 aliphatic heterocycles. The number of hydrogen-bond acceptors (Lipinski definition) is 7. The van der Waals surface area contributed by atoms with E-state index in [4.69, 9.17) is 9.72 Å². The number of anilines is 1. The highest BCUT2D eigenvalue weighted by Crippen LogP contribution is 2.23. The van der Waals surface area contributed by atoms with Gasteiger partial charge in [-0.15, -0.1) is 0 Å². The van der Waals surface area contributed by atoms with Crippen molar-refractivity contribution in [2.75, 3.05) is 31.1 Å². The number of piperidine rings is 1. The molecule has 0 radical (unpaired) electrons. The predicted octanol–water partition coefficient (Wildman–Crippen LogP) is 3.94. The third kappa shape index (κ3) is 6.41. The molecule has 0 aliphatic carbocycles. The smallest absolute Gasteiger partial charge is 0.310 e. The van der Waals surface area contributed by atoms with Gasteiger partial charge in [-0.2, -0.15) is 4.37 Å². The third-order valence-corrected chi connectivity index (χ3v) is 6.68. The van der Waals surface area contributed by atoms with Gasteiger partial charge in [0.05, 0.1) is 19.1 Å². The van der Waals surface area contributed by atoms with Crippen molar-refractivity contribution < 1.29 is 14.3 Å². The molecule has 1 aromatic heterocycles. The Kier molecular flexibility index (Phi) is 8.25. The Balaban J connectivity index is 1.48. The average molecular weight is 479 g/mol. The van der Waals surface area contributed by atoms with Gasteiger partial charge in [-0.25, -0.2) is 4.98 Å². The maximum atomic E-state index is 13.3. The largest absolute Gasteiger partial charge is 0.466 e. The van der Waals surface area contributed by atoms with E-state index in [0.717, 1.165) is 34.9 Å². The average Bonchev–Trinajstić information content (AvgIpc) is 3.33. The van der Waals surface area contributed by atoms with Crippen molar-refractivity contribution in [3.63, 3.8) is 0 Å². The van der Waals surface area contributed by atoms with Crippen molar-refractivity contribution in [1.82, 2.24) is 14.3 Å². The summed E-state index contributed by atoms with van der Waals surface area (Å²) in [5.74, 6) is 0.275. The quantitative estimate of drug-likeness (QED) is 0.434. The highest BCUT2D eigenvalue weighted by Gasteiger charge is 2.30. The maximum Gasteiger partial charge on any atom is 0.310 e. The van der Waals surface area contributed by atoms with Crippen LogP contribution in [0.15, 0.2) is 60.7 Å². The summed E-state index contributed by atoms with van der Waals surface area (Å²) in [6.45, 7) is 3.97. The predicted molar refractivity (Wildman–Crippen MR) is 133 cm³/mol. The molecule has 0 saturated carbocycles. The molecule has 2 heterocycles. The lowest BCUT2D eigenvalue weighted by Gasteiger charge is -2.33. The topological polar surface area (TPSA) is 75.6 Å². The van der Waals surface area contributed by atoms with Gasteiger partial charge in [0.2, 0.25) is 11.0 Å². The lowest BCUT2D eigenvalue weighted by Crippen LogP contribution is -2.46. The molecule has 7 nitrogen and oxygen atoms in total. The van der Waals surface area contributed by atoms with E-state index < -0.39 is 0 Å². The summed E-state index contributed by atoms with van der Waals surface area (Å²) >= 11 is 1.32. The number of carbonyl (C=O) groups is 2. The van der Waals surface area contributed by atoms with E-state index in [1.54, 1.807) is 11.8 Å². The van der Waals surface area contributed by atoms with E-state index in [1.165, 1.54) is 11.5 Å². The van der Waals surface area contributed by atoms with Crippen molar-refractivity contribution in [3.05, 3.63) is 77.6 Å². The summed E-state index contributed by atoms with van der Waals surface area (Å²) in [4.78, 5) is 34.0. The van der Waals surface area contributed by atoms with Gasteiger partial charge in [-0.3, -0.25) is 9.59 Å². The highest BCUT2D eigenvalue weighted by molar-refractivity contribution is 7.09. The van der Waals surface area contributed by atoms with Crippen LogP contribution in [0.2, 0.25) is 0 Å². The van der Waals surface area contributed by atoms with Crippen LogP contribution in [-0.2, 0) is 27.3 Å². The number of amides is 1. The summed E-state index contributed by atoms with van der Waals surface area (Å²) in [6.07, 6.45) is 2.21. The number of rotatable bonds is 9. The number of esters is 1. The zero-order valence-corrected chi connectivity index (χ0v) is 20.2. The normalized spacial score (nSPS) is 15.7. The van der Waals surface area contributed by atoms with Crippen molar-refractivity contribution >= 4 is 28.5 Å². The molecule has 4 rings (SSSR count). The molecule has 34 heavy (non-hydrogen) atoms. The number of ether oxygens (including phenoxy) is 1. The molecule has 3 aromatic rings. The molecule has 2 aromatic carbocycles. The Hall–Kier alpha value is -3.26. The van der Waals surface area contributed by atoms with E-state index in [2.05, 4.69) is 16.5 Å². The van der Waals surface area contributed by atoms with Gasteiger partial charge in [-0.1, -0.05) is 60.7 Å². The van der Waals surface area contributed by atoms with Gasteiger partial charge in [0.25, 0.3) is 0 Å². The molecule has 0 bridgehead atoms. The third-order valence-electron chi connectivity index (χ3n) is 5.87. The summed E-state index contributed by atoms with van der Waals surface area (Å²) < 4.78 is 9.74. The molecule has 1 atom stereocenters. The summed E-state index contributed by atoms with van der Waals surface area (Å²) in [6, 6.07) is 20.2. The first kappa shape index (κ1) is 23.9. The van der Waals surface area contributed by atoms with Crippen LogP contribution in [0.25, 0.3) is 0 Å². The first-order valence-corrected chi connectivity index (χ1v) is 12.5. The molecule has 178 valence electrons. The standard InChI is InChI=1S/C26H30N4O3S/c1-2-33-25(32)22-14-9-15-29(18-22)24(31)19-30(17-21-12-7-4-8-13-21)26-27-23(28-34-26)16-20-10-5-3-6-11-20/h3-8,10-13,22H,2,9,14-19H2,1H3. The number of hydrogen-bond donors (Lipinski definition) is 0. The van der Waals surface area contributed by atoms with Crippen molar-refractivity contribution in [3.8, 4) is 0 Å². The zero-order valence-electron chi connectivity index (χ0n) is 19.4. The van der Waals surface area contributed by atoms with Gasteiger partial charge in [0, 0.05) is 37.6 Å². The zero-order chi connectivity index (χ0) is 23.8. The van der Waals surface area contributed by atoms with E-state index >= 15 is 0 Å². The summed E-state index contributed by atoms with van der Waals surface area (Å²) in [7, 11) is 0. The molecule has 1 aliphatic rings. The minimum atomic E-state index is -0.251. The van der Waals surface area contributed by atoms with Crippen LogP contribution in [-0.4, -0.2) is 52.4 Å². The molecule has 0 N–H and O–H groups in total. The molecule has 1 saturated heterocycles. The second kappa shape index (κ2) is 11.7. The fourth-order valence-corrected chi connectivity index (χ4v) is 4.82. The maximum absolute atomic E-state index is 13.3. The first-order valence-electron chi connectivity index (χ1n) is 11.7. The number of likely N-dealkylation sites (tertiary alicyclic amines) is 1. The molecular weight excluding hydrogens is 448 g/mol. The minimum absolute atomic E-state index is 0.00950. The second-order valence-electron chi connectivity index (χ2n) is 8.43. The number of aromatic nitrogens is 2. The van der Waals surface area contributed by atoms with Crippen LogP contribution in [0.3, 0.4) is 0 Å². The Morgan fingerprint density at radius 2 is 1.79 bits per heavy atom. The highest BCUT2D eigenvalue weighted by atomic mass is 32.1. The van der Waals surface area contributed by atoms with Crippen molar-refractivity contribution in [2.45, 2.75) is 32.7 Å². The van der Waals surface area contributed by atoms with E-state index in [0.29, 0.717) is 32.7 Å². The van der Waals surface area contributed by atoms with Crippen LogP contribution in [0.1, 0.15) is 36.7 Å². The van der Waals surface area contributed by atoms with E-state index in [-0.39, 0.29) is 24.3 Å².